The Labute approximate surface area is 170 Å². The lowest BCUT2D eigenvalue weighted by atomic mass is 9.96. The smallest absolute Gasteiger partial charge is 0.284 e. The van der Waals surface area contributed by atoms with Gasteiger partial charge in [0.1, 0.15) is 0 Å². The highest BCUT2D eigenvalue weighted by molar-refractivity contribution is 9.10. The van der Waals surface area contributed by atoms with Crippen LogP contribution in [-0.2, 0) is 4.79 Å². The van der Waals surface area contributed by atoms with Gasteiger partial charge in [-0.25, -0.2) is 0 Å². The number of primary amides is 1. The third-order valence-electron chi connectivity index (χ3n) is 4.79. The van der Waals surface area contributed by atoms with E-state index in [1.54, 1.807) is 12.1 Å². The van der Waals surface area contributed by atoms with Crippen LogP contribution in [0.3, 0.4) is 0 Å². The number of nitrogens with two attached hydrogens (primary N) is 1. The van der Waals surface area contributed by atoms with Crippen molar-refractivity contribution in [3.63, 3.8) is 0 Å². The molecule has 0 aromatic heterocycles. The van der Waals surface area contributed by atoms with Gasteiger partial charge in [-0.15, -0.1) is 0 Å². The molecule has 2 amide bonds. The molecule has 146 valence electrons. The summed E-state index contributed by atoms with van der Waals surface area (Å²) in [6.07, 6.45) is 1.46. The Morgan fingerprint density at radius 3 is 2.36 bits per heavy atom. The molecule has 28 heavy (non-hydrogen) atoms. The molecular formula is C19H19BrN4O4. The first kappa shape index (κ1) is 19.8. The number of nitrogens with zero attached hydrogens (tertiary/aromatic N) is 2. The van der Waals surface area contributed by atoms with Crippen LogP contribution in [0.5, 0.6) is 0 Å². The molecule has 0 aliphatic carbocycles. The van der Waals surface area contributed by atoms with Crippen LogP contribution in [0.1, 0.15) is 23.2 Å². The van der Waals surface area contributed by atoms with Gasteiger partial charge in [0.15, 0.2) is 0 Å². The molecule has 1 saturated heterocycles. The van der Waals surface area contributed by atoms with Gasteiger partial charge >= 0.3 is 0 Å². The summed E-state index contributed by atoms with van der Waals surface area (Å²) in [5.74, 6) is -0.735. The fraction of sp³-hybridized carbons (Fsp3) is 0.263. The summed E-state index contributed by atoms with van der Waals surface area (Å²) in [6, 6.07) is 11.6. The number of nitro benzene ring substituents is 1. The largest absolute Gasteiger partial charge is 0.371 e. The number of carbonyl (C=O) groups is 2. The molecule has 8 nitrogen and oxygen atoms in total. The molecule has 0 unspecified atom stereocenters. The molecule has 0 saturated carbocycles. The Kier molecular flexibility index (Phi) is 5.93. The van der Waals surface area contributed by atoms with Crippen LogP contribution < -0.4 is 16.0 Å². The Morgan fingerprint density at radius 2 is 1.79 bits per heavy atom. The molecule has 9 heteroatoms. The average Bonchev–Trinajstić information content (AvgIpc) is 2.68. The molecule has 3 rings (SSSR count). The maximum Gasteiger partial charge on any atom is 0.284 e. The predicted octanol–water partition coefficient (Wildman–Crippen LogP) is 3.31. The van der Waals surface area contributed by atoms with Crippen molar-refractivity contribution in [1.82, 2.24) is 0 Å². The third-order valence-corrected chi connectivity index (χ3v) is 5.46. The second-order valence-electron chi connectivity index (χ2n) is 6.59. The lowest BCUT2D eigenvalue weighted by molar-refractivity contribution is -0.385. The van der Waals surface area contributed by atoms with Crippen molar-refractivity contribution in [3.8, 4) is 0 Å². The molecule has 0 bridgehead atoms. The first-order chi connectivity index (χ1) is 13.3. The topological polar surface area (TPSA) is 119 Å². The summed E-state index contributed by atoms with van der Waals surface area (Å²) in [7, 11) is 0. The molecule has 0 atom stereocenters. The number of nitrogens with one attached hydrogen (secondary N) is 1. The first-order valence-electron chi connectivity index (χ1n) is 8.75. The second-order valence-corrected chi connectivity index (χ2v) is 7.44. The van der Waals surface area contributed by atoms with E-state index in [-0.39, 0.29) is 23.1 Å². The van der Waals surface area contributed by atoms with Gasteiger partial charge in [-0.2, -0.15) is 0 Å². The van der Waals surface area contributed by atoms with Gasteiger partial charge in [-0.1, -0.05) is 0 Å². The maximum absolute atomic E-state index is 12.4. The van der Waals surface area contributed by atoms with E-state index in [1.165, 1.54) is 18.2 Å². The van der Waals surface area contributed by atoms with E-state index in [1.807, 2.05) is 12.1 Å². The number of rotatable bonds is 5. The van der Waals surface area contributed by atoms with E-state index >= 15 is 0 Å². The summed E-state index contributed by atoms with van der Waals surface area (Å²) in [5.41, 5.74) is 6.99. The number of carbonyl (C=O) groups excluding carboxylic acids is 2. The van der Waals surface area contributed by atoms with Crippen molar-refractivity contribution in [1.29, 1.82) is 0 Å². The zero-order chi connectivity index (χ0) is 20.3. The van der Waals surface area contributed by atoms with Crippen molar-refractivity contribution in [2.24, 2.45) is 11.7 Å². The Hall–Kier alpha value is -2.94. The Bertz CT molecular complexity index is 909. The highest BCUT2D eigenvalue weighted by atomic mass is 79.9. The van der Waals surface area contributed by atoms with E-state index in [4.69, 9.17) is 5.73 Å². The zero-order valence-corrected chi connectivity index (χ0v) is 16.5. The van der Waals surface area contributed by atoms with E-state index in [0.717, 1.165) is 31.6 Å². The quantitative estimate of drug-likeness (QED) is 0.539. The fourth-order valence-corrected chi connectivity index (χ4v) is 3.57. The number of nitro groups is 1. The molecule has 2 aromatic rings. The van der Waals surface area contributed by atoms with Crippen molar-refractivity contribution >= 4 is 44.8 Å². The number of anilines is 2. The van der Waals surface area contributed by atoms with Gasteiger partial charge < -0.3 is 16.0 Å². The zero-order valence-electron chi connectivity index (χ0n) is 14.9. The van der Waals surface area contributed by atoms with Crippen molar-refractivity contribution in [2.75, 3.05) is 23.3 Å². The van der Waals surface area contributed by atoms with E-state index < -0.39 is 10.8 Å². The van der Waals surface area contributed by atoms with Crippen molar-refractivity contribution in [3.05, 3.63) is 62.6 Å². The minimum Gasteiger partial charge on any atom is -0.371 e. The van der Waals surface area contributed by atoms with Crippen LogP contribution in [0.15, 0.2) is 46.9 Å². The van der Waals surface area contributed by atoms with Crippen LogP contribution in [0.25, 0.3) is 0 Å². The van der Waals surface area contributed by atoms with Gasteiger partial charge in [0.2, 0.25) is 5.91 Å². The molecule has 2 aromatic carbocycles. The molecule has 1 aliphatic rings. The predicted molar refractivity (Wildman–Crippen MR) is 109 cm³/mol. The van der Waals surface area contributed by atoms with E-state index in [2.05, 4.69) is 26.1 Å². The summed E-state index contributed by atoms with van der Waals surface area (Å²) in [5, 5.41) is 13.8. The lowest BCUT2D eigenvalue weighted by Gasteiger charge is -2.32. The average molecular weight is 447 g/mol. The first-order valence-corrected chi connectivity index (χ1v) is 9.54. The molecule has 0 radical (unpaired) electrons. The second kappa shape index (κ2) is 8.39. The molecule has 1 aliphatic heterocycles. The third kappa shape index (κ3) is 4.48. The lowest BCUT2D eigenvalue weighted by Crippen LogP contribution is -2.38. The minimum atomic E-state index is -0.545. The molecular weight excluding hydrogens is 428 g/mol. The fourth-order valence-electron chi connectivity index (χ4n) is 3.17. The van der Waals surface area contributed by atoms with Gasteiger partial charge in [-0.3, -0.25) is 19.7 Å². The molecule has 0 spiro atoms. The van der Waals surface area contributed by atoms with E-state index in [9.17, 15) is 19.7 Å². The number of piperidine rings is 1. The number of benzene rings is 2. The van der Waals surface area contributed by atoms with Crippen LogP contribution in [0.4, 0.5) is 17.1 Å². The van der Waals surface area contributed by atoms with Gasteiger partial charge in [0, 0.05) is 42.0 Å². The Balaban J connectivity index is 1.65. The molecule has 1 fully saturated rings. The van der Waals surface area contributed by atoms with E-state index in [0.29, 0.717) is 10.2 Å². The highest BCUT2D eigenvalue weighted by Crippen LogP contribution is 2.27. The highest BCUT2D eigenvalue weighted by Gasteiger charge is 2.23. The van der Waals surface area contributed by atoms with Gasteiger partial charge in [0.05, 0.1) is 9.40 Å². The minimum absolute atomic E-state index is 0.0650. The van der Waals surface area contributed by atoms with Crippen molar-refractivity contribution in [2.45, 2.75) is 12.8 Å². The van der Waals surface area contributed by atoms with Crippen LogP contribution >= 0.6 is 15.9 Å². The van der Waals surface area contributed by atoms with Crippen molar-refractivity contribution < 1.29 is 14.5 Å². The summed E-state index contributed by atoms with van der Waals surface area (Å²) in [6.45, 7) is 1.50. The summed E-state index contributed by atoms with van der Waals surface area (Å²) < 4.78 is 0.318. The number of hydrogen-bond donors (Lipinski definition) is 2. The van der Waals surface area contributed by atoms with Gasteiger partial charge in [0.25, 0.3) is 11.6 Å². The molecule has 3 N–H and O–H groups in total. The standard InChI is InChI=1S/C19H19BrN4O4/c20-16-6-1-13(11-17(16)24(27)28)19(26)22-14-2-4-15(5-3-14)23-9-7-12(8-10-23)18(21)25/h1-6,11-12H,7-10H2,(H2,21,25)(H,22,26). The maximum atomic E-state index is 12.4. The number of hydrogen-bond acceptors (Lipinski definition) is 5. The normalized spacial score (nSPS) is 14.5. The van der Waals surface area contributed by atoms with Crippen LogP contribution in [0.2, 0.25) is 0 Å². The van der Waals surface area contributed by atoms with Crippen LogP contribution in [0, 0.1) is 16.0 Å². The summed E-state index contributed by atoms with van der Waals surface area (Å²) >= 11 is 3.10. The van der Waals surface area contributed by atoms with Crippen LogP contribution in [-0.4, -0.2) is 29.8 Å². The number of halogens is 1. The van der Waals surface area contributed by atoms with Gasteiger partial charge in [-0.05, 0) is 65.2 Å². The number of amides is 2. The summed E-state index contributed by atoms with van der Waals surface area (Å²) in [4.78, 5) is 36.3. The SMILES string of the molecule is NC(=O)C1CCN(c2ccc(NC(=O)c3ccc(Br)c([N+](=O)[O-])c3)cc2)CC1. The monoisotopic (exact) mass is 446 g/mol. The Morgan fingerprint density at radius 1 is 1.14 bits per heavy atom. The molecule has 1 heterocycles.